The second-order valence-corrected chi connectivity index (χ2v) is 4.62. The highest BCUT2D eigenvalue weighted by atomic mass is 35.5. The van der Waals surface area contributed by atoms with Gasteiger partial charge in [-0.25, -0.2) is 0 Å². The van der Waals surface area contributed by atoms with Gasteiger partial charge < -0.3 is 10.6 Å². The topological polar surface area (TPSA) is 46.3 Å². The van der Waals surface area contributed by atoms with Gasteiger partial charge in [-0.05, 0) is 18.2 Å². The lowest BCUT2D eigenvalue weighted by Crippen LogP contribution is -2.34. The van der Waals surface area contributed by atoms with Gasteiger partial charge in [0.25, 0.3) is 5.91 Å². The monoisotopic (exact) mass is 276 g/mol. The minimum absolute atomic E-state index is 0.215. The third-order valence-electron chi connectivity index (χ3n) is 1.90. The summed E-state index contributed by atoms with van der Waals surface area (Å²) in [5, 5.41) is 0.797. The molecule has 0 spiro atoms. The number of halogens is 2. The van der Waals surface area contributed by atoms with E-state index in [0.717, 1.165) is 0 Å². The summed E-state index contributed by atoms with van der Waals surface area (Å²) in [6.07, 6.45) is 0. The molecule has 0 heterocycles. The Hall–Kier alpha value is -0.840. The molecule has 0 aliphatic rings. The molecule has 0 aromatic heterocycles. The first kappa shape index (κ1) is 13.2. The van der Waals surface area contributed by atoms with Crippen molar-refractivity contribution in [2.45, 2.75) is 0 Å². The second-order valence-electron chi connectivity index (χ2n) is 3.25. The van der Waals surface area contributed by atoms with Crippen molar-refractivity contribution in [3.05, 3.63) is 33.8 Å². The maximum Gasteiger partial charge on any atom is 0.255 e. The second kappa shape index (κ2) is 5.48. The van der Waals surface area contributed by atoms with Crippen LogP contribution < -0.4 is 5.73 Å². The molecule has 3 nitrogen and oxygen atoms in total. The molecular formula is C10H10Cl2N2OS. The van der Waals surface area contributed by atoms with Crippen LogP contribution in [0.3, 0.4) is 0 Å². The zero-order chi connectivity index (χ0) is 12.3. The number of nitrogens with zero attached hydrogens (tertiary/aromatic N) is 1. The largest absolute Gasteiger partial charge is 0.392 e. The standard InChI is InChI=1S/C10H10Cl2N2OS/c1-14(5-9(13)16)10(15)7-3-2-6(11)4-8(7)12/h2-4H,5H2,1H3,(H2,13,16). The van der Waals surface area contributed by atoms with Gasteiger partial charge in [0.1, 0.15) is 0 Å². The van der Waals surface area contributed by atoms with Gasteiger partial charge in [-0.1, -0.05) is 35.4 Å². The summed E-state index contributed by atoms with van der Waals surface area (Å²) >= 11 is 16.4. The molecule has 1 amide bonds. The van der Waals surface area contributed by atoms with Crippen molar-refractivity contribution in [1.82, 2.24) is 4.90 Å². The van der Waals surface area contributed by atoms with Crippen LogP contribution in [0.2, 0.25) is 10.0 Å². The van der Waals surface area contributed by atoms with E-state index in [9.17, 15) is 4.79 Å². The Balaban J connectivity index is 2.92. The number of hydrogen-bond donors (Lipinski definition) is 1. The Morgan fingerprint density at radius 3 is 2.62 bits per heavy atom. The molecule has 1 rings (SSSR count). The van der Waals surface area contributed by atoms with Crippen molar-refractivity contribution in [1.29, 1.82) is 0 Å². The maximum absolute atomic E-state index is 11.9. The molecular weight excluding hydrogens is 267 g/mol. The van der Waals surface area contributed by atoms with Crippen LogP contribution in [0.5, 0.6) is 0 Å². The number of amides is 1. The summed E-state index contributed by atoms with van der Waals surface area (Å²) in [4.78, 5) is 13.5. The van der Waals surface area contributed by atoms with E-state index in [2.05, 4.69) is 0 Å². The fraction of sp³-hybridized carbons (Fsp3) is 0.200. The Kier molecular flexibility index (Phi) is 4.53. The van der Waals surface area contributed by atoms with Crippen LogP contribution in [0.4, 0.5) is 0 Å². The molecule has 0 atom stereocenters. The van der Waals surface area contributed by atoms with Gasteiger partial charge in [0.05, 0.1) is 22.1 Å². The van der Waals surface area contributed by atoms with Crippen molar-refractivity contribution >= 4 is 46.3 Å². The molecule has 0 radical (unpaired) electrons. The van der Waals surface area contributed by atoms with Gasteiger partial charge in [0.15, 0.2) is 0 Å². The lowest BCUT2D eigenvalue weighted by molar-refractivity contribution is 0.0815. The van der Waals surface area contributed by atoms with E-state index < -0.39 is 0 Å². The van der Waals surface area contributed by atoms with Gasteiger partial charge >= 0.3 is 0 Å². The highest BCUT2D eigenvalue weighted by Gasteiger charge is 2.15. The van der Waals surface area contributed by atoms with Crippen LogP contribution in [0, 0.1) is 0 Å². The smallest absolute Gasteiger partial charge is 0.255 e. The van der Waals surface area contributed by atoms with Crippen LogP contribution in [0.25, 0.3) is 0 Å². The van der Waals surface area contributed by atoms with Crippen molar-refractivity contribution in [2.75, 3.05) is 13.6 Å². The summed E-state index contributed by atoms with van der Waals surface area (Å²) in [7, 11) is 1.60. The lowest BCUT2D eigenvalue weighted by Gasteiger charge is -2.16. The Bertz CT molecular complexity index is 437. The van der Waals surface area contributed by atoms with Crippen molar-refractivity contribution in [3.8, 4) is 0 Å². The molecule has 0 bridgehead atoms. The number of carbonyl (C=O) groups is 1. The fourth-order valence-electron chi connectivity index (χ4n) is 1.17. The van der Waals surface area contributed by atoms with Crippen LogP contribution >= 0.6 is 35.4 Å². The van der Waals surface area contributed by atoms with Gasteiger partial charge in [0, 0.05) is 12.1 Å². The van der Waals surface area contributed by atoms with E-state index in [1.807, 2.05) is 0 Å². The molecule has 0 saturated carbocycles. The van der Waals surface area contributed by atoms with Crippen LogP contribution in [-0.2, 0) is 0 Å². The minimum Gasteiger partial charge on any atom is -0.392 e. The highest BCUT2D eigenvalue weighted by molar-refractivity contribution is 7.80. The van der Waals surface area contributed by atoms with E-state index in [1.54, 1.807) is 19.2 Å². The quantitative estimate of drug-likeness (QED) is 0.863. The molecule has 6 heteroatoms. The third kappa shape index (κ3) is 3.33. The molecule has 16 heavy (non-hydrogen) atoms. The molecule has 1 aromatic rings. The molecule has 0 aliphatic carbocycles. The molecule has 2 N–H and O–H groups in total. The lowest BCUT2D eigenvalue weighted by atomic mass is 10.2. The van der Waals surface area contributed by atoms with Crippen LogP contribution in [0.15, 0.2) is 18.2 Å². The number of carbonyl (C=O) groups excluding carboxylic acids is 1. The van der Waals surface area contributed by atoms with E-state index in [0.29, 0.717) is 15.6 Å². The van der Waals surface area contributed by atoms with Gasteiger partial charge in [-0.2, -0.15) is 0 Å². The van der Waals surface area contributed by atoms with E-state index in [4.69, 9.17) is 41.2 Å². The van der Waals surface area contributed by atoms with Gasteiger partial charge in [-0.15, -0.1) is 0 Å². The summed E-state index contributed by atoms with van der Waals surface area (Å²) in [5.41, 5.74) is 5.73. The zero-order valence-electron chi connectivity index (χ0n) is 8.54. The molecule has 0 aliphatic heterocycles. The summed E-state index contributed by atoms with van der Waals surface area (Å²) in [6.45, 7) is 0.215. The maximum atomic E-state index is 11.9. The number of nitrogens with two attached hydrogens (primary N) is 1. The average molecular weight is 277 g/mol. The van der Waals surface area contributed by atoms with E-state index >= 15 is 0 Å². The normalized spacial score (nSPS) is 9.94. The SMILES string of the molecule is CN(CC(N)=S)C(=O)c1ccc(Cl)cc1Cl. The predicted octanol–water partition coefficient (Wildman–Crippen LogP) is 2.35. The van der Waals surface area contributed by atoms with Gasteiger partial charge in [-0.3, -0.25) is 4.79 Å². The van der Waals surface area contributed by atoms with Gasteiger partial charge in [0.2, 0.25) is 0 Å². The Morgan fingerprint density at radius 1 is 1.50 bits per heavy atom. The Labute approximate surface area is 109 Å². The molecule has 0 saturated heterocycles. The van der Waals surface area contributed by atoms with E-state index in [-0.39, 0.29) is 17.4 Å². The zero-order valence-corrected chi connectivity index (χ0v) is 10.9. The van der Waals surface area contributed by atoms with E-state index in [1.165, 1.54) is 11.0 Å². The van der Waals surface area contributed by atoms with Crippen LogP contribution in [0.1, 0.15) is 10.4 Å². The first-order chi connectivity index (χ1) is 7.41. The van der Waals surface area contributed by atoms with Crippen molar-refractivity contribution in [2.24, 2.45) is 5.73 Å². The average Bonchev–Trinajstić information content (AvgIpc) is 2.15. The molecule has 86 valence electrons. The summed E-state index contributed by atoms with van der Waals surface area (Å²) in [5.74, 6) is -0.241. The summed E-state index contributed by atoms with van der Waals surface area (Å²) < 4.78 is 0. The number of benzene rings is 1. The molecule has 1 aromatic carbocycles. The number of hydrogen-bond acceptors (Lipinski definition) is 2. The summed E-state index contributed by atoms with van der Waals surface area (Å²) in [6, 6.07) is 4.70. The minimum atomic E-state index is -0.241. The number of thiocarbonyl (C=S) groups is 1. The fourth-order valence-corrected chi connectivity index (χ4v) is 1.86. The third-order valence-corrected chi connectivity index (χ3v) is 2.58. The number of likely N-dealkylation sites (N-methyl/N-ethyl adjacent to an activating group) is 1. The van der Waals surface area contributed by atoms with Crippen LogP contribution in [-0.4, -0.2) is 29.4 Å². The van der Waals surface area contributed by atoms with Crippen molar-refractivity contribution in [3.63, 3.8) is 0 Å². The Morgan fingerprint density at radius 2 is 2.12 bits per heavy atom. The predicted molar refractivity (Wildman–Crippen MR) is 70.2 cm³/mol. The molecule has 0 fully saturated rings. The highest BCUT2D eigenvalue weighted by Crippen LogP contribution is 2.21. The first-order valence-electron chi connectivity index (χ1n) is 4.40. The first-order valence-corrected chi connectivity index (χ1v) is 5.57. The van der Waals surface area contributed by atoms with Crippen molar-refractivity contribution < 1.29 is 4.79 Å². The number of rotatable bonds is 3. The molecule has 0 unspecified atom stereocenters.